The minimum atomic E-state index is -2.27. The van der Waals surface area contributed by atoms with E-state index in [0.717, 1.165) is 42.2 Å². The molecule has 4 aromatic heterocycles. The van der Waals surface area contributed by atoms with E-state index in [1.807, 2.05) is 38.4 Å². The van der Waals surface area contributed by atoms with Crippen molar-refractivity contribution in [1.82, 2.24) is 29.3 Å². The fourth-order valence-corrected chi connectivity index (χ4v) is 4.71. The number of aliphatic hydroxyl groups excluding tert-OH is 2. The van der Waals surface area contributed by atoms with E-state index >= 15 is 0 Å². The van der Waals surface area contributed by atoms with Crippen molar-refractivity contribution in [2.75, 3.05) is 24.5 Å². The Morgan fingerprint density at radius 3 is 2.35 bits per heavy atom. The van der Waals surface area contributed by atoms with Crippen LogP contribution in [0.25, 0.3) is 22.7 Å². The molecule has 5 heterocycles. The van der Waals surface area contributed by atoms with E-state index in [1.54, 1.807) is 15.0 Å². The number of aryl methyl sites for hydroxylation is 2. The Balaban J connectivity index is 0.000000279. The van der Waals surface area contributed by atoms with Crippen LogP contribution < -0.4 is 15.8 Å². The molecular formula is C26H29N7O7. The first-order valence-corrected chi connectivity index (χ1v) is 12.7. The molecule has 0 bridgehead atoms. The molecule has 14 heteroatoms. The third-order valence-electron chi connectivity index (χ3n) is 7.04. The van der Waals surface area contributed by atoms with E-state index in [2.05, 4.69) is 26.4 Å². The molecule has 2 aliphatic rings. The van der Waals surface area contributed by atoms with Crippen LogP contribution in [-0.4, -0.2) is 93.7 Å². The first-order valence-electron chi connectivity index (χ1n) is 12.7. The van der Waals surface area contributed by atoms with Gasteiger partial charge in [0.15, 0.2) is 17.9 Å². The number of pyridine rings is 1. The highest BCUT2D eigenvalue weighted by Gasteiger charge is 2.45. The van der Waals surface area contributed by atoms with Gasteiger partial charge in [-0.15, -0.1) is 0 Å². The van der Waals surface area contributed by atoms with Crippen LogP contribution >= 0.6 is 0 Å². The number of aliphatic carboxylic acids is 2. The van der Waals surface area contributed by atoms with Crippen molar-refractivity contribution >= 4 is 28.9 Å². The Morgan fingerprint density at radius 1 is 1.00 bits per heavy atom. The minimum absolute atomic E-state index is 0.102. The quantitative estimate of drug-likeness (QED) is 0.220. The van der Waals surface area contributed by atoms with Gasteiger partial charge in [0.05, 0.1) is 23.3 Å². The molecule has 1 spiro atoms. The number of anilines is 1. The molecule has 1 saturated carbocycles. The maximum absolute atomic E-state index is 12.9. The number of hydrogen-bond donors (Lipinski definition) is 5. The number of rotatable bonds is 5. The van der Waals surface area contributed by atoms with Crippen LogP contribution in [0.2, 0.25) is 0 Å². The van der Waals surface area contributed by atoms with Crippen LogP contribution in [0.1, 0.15) is 24.1 Å². The standard InChI is InChI=1S/C22H23N7O.C4H6O6/c1-14-9-18(26-29-11-15(2)24-21(14)29)17-10-20(30)28-12-16(3-4-19(28)25-17)27-8-7-23-22(13-27)5-6-22;5-1(3(7)8)2(6)4(9)10/h3-4,9-12,23H,5-8,13H2,1-2H3;1-2,5-6H,(H,7,8)(H,9,10). The number of aromatic nitrogens is 5. The monoisotopic (exact) mass is 551 g/mol. The van der Waals surface area contributed by atoms with E-state index < -0.39 is 24.1 Å². The predicted octanol–water partition coefficient (Wildman–Crippen LogP) is -0.159. The molecule has 1 aliphatic heterocycles. The van der Waals surface area contributed by atoms with E-state index in [1.165, 1.54) is 12.8 Å². The summed E-state index contributed by atoms with van der Waals surface area (Å²) in [6.45, 7) is 6.85. The van der Waals surface area contributed by atoms with Gasteiger partial charge in [-0.1, -0.05) is 0 Å². The Morgan fingerprint density at radius 2 is 1.70 bits per heavy atom. The third-order valence-corrected chi connectivity index (χ3v) is 7.04. The molecule has 5 N–H and O–H groups in total. The molecule has 14 nitrogen and oxygen atoms in total. The second kappa shape index (κ2) is 10.3. The highest BCUT2D eigenvalue weighted by molar-refractivity contribution is 5.83. The summed E-state index contributed by atoms with van der Waals surface area (Å²) in [5.41, 5.74) is 5.84. The molecule has 210 valence electrons. The fourth-order valence-electron chi connectivity index (χ4n) is 4.71. The van der Waals surface area contributed by atoms with Gasteiger partial charge in [0, 0.05) is 37.4 Å². The number of hydrogen-bond acceptors (Lipinski definition) is 10. The number of nitrogens with one attached hydrogen (secondary N) is 1. The molecule has 40 heavy (non-hydrogen) atoms. The summed E-state index contributed by atoms with van der Waals surface area (Å²) in [5.74, 6) is -3.54. The van der Waals surface area contributed by atoms with Crippen LogP contribution in [0.15, 0.2) is 41.5 Å². The first kappa shape index (κ1) is 27.2. The van der Waals surface area contributed by atoms with Crippen LogP contribution in [0.5, 0.6) is 0 Å². The van der Waals surface area contributed by atoms with Crippen LogP contribution in [0, 0.1) is 13.8 Å². The molecule has 2 fully saturated rings. The zero-order valence-corrected chi connectivity index (χ0v) is 21.9. The number of fused-ring (bicyclic) bond motifs is 2. The Labute approximate surface area is 227 Å². The Kier molecular flexibility index (Phi) is 6.99. The molecule has 6 rings (SSSR count). The highest BCUT2D eigenvalue weighted by Crippen LogP contribution is 2.38. The van der Waals surface area contributed by atoms with Gasteiger partial charge in [-0.3, -0.25) is 9.20 Å². The maximum Gasteiger partial charge on any atom is 0.335 e. The summed E-state index contributed by atoms with van der Waals surface area (Å²) in [6.07, 6.45) is 1.72. The van der Waals surface area contributed by atoms with Gasteiger partial charge < -0.3 is 30.6 Å². The summed E-state index contributed by atoms with van der Waals surface area (Å²) in [6, 6.07) is 7.49. The van der Waals surface area contributed by atoms with Gasteiger partial charge in [0.2, 0.25) is 0 Å². The van der Waals surface area contributed by atoms with Gasteiger partial charge in [-0.25, -0.2) is 24.1 Å². The van der Waals surface area contributed by atoms with Gasteiger partial charge in [-0.2, -0.15) is 5.10 Å². The molecule has 1 saturated heterocycles. The lowest BCUT2D eigenvalue weighted by molar-refractivity contribution is -0.165. The van der Waals surface area contributed by atoms with Crippen molar-refractivity contribution in [2.45, 2.75) is 44.4 Å². The largest absolute Gasteiger partial charge is 0.479 e. The lowest BCUT2D eigenvalue weighted by Gasteiger charge is -2.35. The molecule has 4 aromatic rings. The normalized spacial score (nSPS) is 17.4. The van der Waals surface area contributed by atoms with Crippen molar-refractivity contribution in [2.24, 2.45) is 0 Å². The average Bonchev–Trinajstić information content (AvgIpc) is 3.54. The number of carboxylic acids is 2. The smallest absolute Gasteiger partial charge is 0.335 e. The number of piperazine rings is 1. The van der Waals surface area contributed by atoms with E-state index in [4.69, 9.17) is 25.4 Å². The van der Waals surface area contributed by atoms with Crippen LogP contribution in [-0.2, 0) is 9.59 Å². The molecule has 2 atom stereocenters. The predicted molar refractivity (Wildman–Crippen MR) is 142 cm³/mol. The lowest BCUT2D eigenvalue weighted by Crippen LogP contribution is -2.52. The van der Waals surface area contributed by atoms with Crippen molar-refractivity contribution in [3.05, 3.63) is 58.3 Å². The zero-order valence-electron chi connectivity index (χ0n) is 21.9. The maximum atomic E-state index is 12.9. The second-order valence-electron chi connectivity index (χ2n) is 10.2. The first-order chi connectivity index (χ1) is 19.0. The number of carboxylic acid groups (broad SMARTS) is 2. The summed E-state index contributed by atoms with van der Waals surface area (Å²) in [7, 11) is 0. The van der Waals surface area contributed by atoms with Crippen LogP contribution in [0.3, 0.4) is 0 Å². The van der Waals surface area contributed by atoms with Crippen molar-refractivity contribution in [3.63, 3.8) is 0 Å². The van der Waals surface area contributed by atoms with Crippen molar-refractivity contribution in [1.29, 1.82) is 0 Å². The summed E-state index contributed by atoms with van der Waals surface area (Å²) in [5, 5.41) is 40.8. The second-order valence-corrected chi connectivity index (χ2v) is 10.2. The lowest BCUT2D eigenvalue weighted by atomic mass is 10.1. The number of imidazole rings is 1. The molecule has 0 aromatic carbocycles. The Hall–Kier alpha value is -4.40. The number of aliphatic hydroxyl groups is 2. The van der Waals surface area contributed by atoms with Crippen molar-refractivity contribution in [3.8, 4) is 11.4 Å². The van der Waals surface area contributed by atoms with Crippen LogP contribution in [0.4, 0.5) is 5.69 Å². The summed E-state index contributed by atoms with van der Waals surface area (Å²) >= 11 is 0. The number of nitrogens with zero attached hydrogens (tertiary/aromatic N) is 6. The van der Waals surface area contributed by atoms with Crippen molar-refractivity contribution < 1.29 is 30.0 Å². The summed E-state index contributed by atoms with van der Waals surface area (Å²) < 4.78 is 3.39. The van der Waals surface area contributed by atoms with E-state index in [-0.39, 0.29) is 11.1 Å². The summed E-state index contributed by atoms with van der Waals surface area (Å²) in [4.78, 5) is 44.1. The number of carbonyl (C=O) groups is 2. The topological polar surface area (TPSA) is 195 Å². The molecule has 0 radical (unpaired) electrons. The minimum Gasteiger partial charge on any atom is -0.479 e. The van der Waals surface area contributed by atoms with E-state index in [0.29, 0.717) is 17.0 Å². The fraction of sp³-hybridized carbons (Fsp3) is 0.385. The average molecular weight is 552 g/mol. The molecule has 1 aliphatic carbocycles. The molecule has 2 unspecified atom stereocenters. The van der Waals surface area contributed by atoms with Gasteiger partial charge >= 0.3 is 11.9 Å². The SMILES string of the molecule is Cc1cn2nc(-c3cc(=O)n4cc(N5CCNC6(CC6)C5)ccc4n3)cc(C)c2n1.O=C(O)C(O)C(O)C(=O)O. The Bertz CT molecular complexity index is 1660. The van der Waals surface area contributed by atoms with Gasteiger partial charge in [0.1, 0.15) is 11.3 Å². The third kappa shape index (κ3) is 5.36. The highest BCUT2D eigenvalue weighted by atomic mass is 16.4. The zero-order chi connectivity index (χ0) is 28.8. The van der Waals surface area contributed by atoms with Gasteiger partial charge in [0.25, 0.3) is 5.56 Å². The van der Waals surface area contributed by atoms with Gasteiger partial charge in [-0.05, 0) is 50.5 Å². The van der Waals surface area contributed by atoms with E-state index in [9.17, 15) is 14.4 Å². The molecule has 0 amide bonds. The molecular weight excluding hydrogens is 522 g/mol.